The van der Waals surface area contributed by atoms with Crippen LogP contribution in [-0.4, -0.2) is 20.5 Å². The lowest BCUT2D eigenvalue weighted by atomic mass is 10.3. The van der Waals surface area contributed by atoms with Gasteiger partial charge in [-0.3, -0.25) is 0 Å². The summed E-state index contributed by atoms with van der Waals surface area (Å²) in [6, 6.07) is 2.94. The molecule has 0 fully saturated rings. The highest BCUT2D eigenvalue weighted by Gasteiger charge is 2.20. The number of carbonyl (C=O) groups is 1. The highest BCUT2D eigenvalue weighted by atomic mass is 35.5. The van der Waals surface area contributed by atoms with Crippen molar-refractivity contribution < 1.29 is 13.2 Å². The lowest BCUT2D eigenvalue weighted by Gasteiger charge is -2.12. The number of urea groups is 1. The van der Waals surface area contributed by atoms with Gasteiger partial charge < -0.3 is 11.1 Å². The van der Waals surface area contributed by atoms with Crippen molar-refractivity contribution in [2.24, 2.45) is 0 Å². The molecule has 0 bridgehead atoms. The van der Waals surface area contributed by atoms with Crippen LogP contribution in [0.1, 0.15) is 13.8 Å². The molecule has 0 unspecified atom stereocenters. The van der Waals surface area contributed by atoms with Crippen LogP contribution in [0.2, 0.25) is 5.02 Å². The van der Waals surface area contributed by atoms with Crippen molar-refractivity contribution in [3.8, 4) is 0 Å². The smallest absolute Gasteiger partial charge is 0.328 e. The maximum Gasteiger partial charge on any atom is 0.328 e. The van der Waals surface area contributed by atoms with Crippen LogP contribution < -0.4 is 15.8 Å². The number of hydrogen-bond acceptors (Lipinski definition) is 4. The van der Waals surface area contributed by atoms with Gasteiger partial charge in [-0.15, -0.1) is 0 Å². The summed E-state index contributed by atoms with van der Waals surface area (Å²) in [7, 11) is -4.00. The van der Waals surface area contributed by atoms with E-state index in [0.717, 1.165) is 0 Å². The van der Waals surface area contributed by atoms with E-state index in [4.69, 9.17) is 17.3 Å². The number of sulfonamides is 1. The van der Waals surface area contributed by atoms with Gasteiger partial charge in [0.2, 0.25) is 0 Å². The number of nitrogen functional groups attached to an aromatic ring is 1. The lowest BCUT2D eigenvalue weighted by molar-refractivity contribution is 0.243. The third-order valence-corrected chi connectivity index (χ3v) is 3.55. The lowest BCUT2D eigenvalue weighted by Crippen LogP contribution is -2.42. The zero-order chi connectivity index (χ0) is 13.9. The van der Waals surface area contributed by atoms with Gasteiger partial charge in [0.15, 0.2) is 0 Å². The summed E-state index contributed by atoms with van der Waals surface area (Å²) >= 11 is 5.67. The molecule has 0 heterocycles. The zero-order valence-electron chi connectivity index (χ0n) is 9.90. The summed E-state index contributed by atoms with van der Waals surface area (Å²) in [6.45, 7) is 3.42. The maximum atomic E-state index is 11.9. The van der Waals surface area contributed by atoms with Crippen LogP contribution in [0.3, 0.4) is 0 Å². The van der Waals surface area contributed by atoms with Gasteiger partial charge in [0.05, 0.1) is 5.69 Å². The summed E-state index contributed by atoms with van der Waals surface area (Å²) < 4.78 is 25.6. The van der Waals surface area contributed by atoms with Gasteiger partial charge in [0, 0.05) is 11.1 Å². The van der Waals surface area contributed by atoms with E-state index in [0.29, 0.717) is 5.02 Å². The van der Waals surface area contributed by atoms with Crippen LogP contribution in [0, 0.1) is 0 Å². The second kappa shape index (κ2) is 5.45. The van der Waals surface area contributed by atoms with Gasteiger partial charge in [-0.2, -0.15) is 0 Å². The van der Waals surface area contributed by atoms with E-state index in [9.17, 15) is 13.2 Å². The fourth-order valence-corrected chi connectivity index (χ4v) is 2.44. The number of amides is 2. The van der Waals surface area contributed by atoms with Crippen LogP contribution >= 0.6 is 11.6 Å². The molecule has 6 nitrogen and oxygen atoms in total. The Balaban J connectivity index is 2.97. The highest BCUT2D eigenvalue weighted by Crippen LogP contribution is 2.22. The largest absolute Gasteiger partial charge is 0.398 e. The minimum atomic E-state index is -4.00. The van der Waals surface area contributed by atoms with E-state index in [2.05, 4.69) is 5.32 Å². The molecule has 0 aromatic heterocycles. The van der Waals surface area contributed by atoms with Crippen LogP contribution in [0.5, 0.6) is 0 Å². The van der Waals surface area contributed by atoms with Crippen LogP contribution in [0.25, 0.3) is 0 Å². The van der Waals surface area contributed by atoms with Gasteiger partial charge >= 0.3 is 6.03 Å². The Bertz CT molecular complexity index is 557. The minimum absolute atomic E-state index is 0.0210. The Morgan fingerprint density at radius 2 is 2.00 bits per heavy atom. The first-order valence-electron chi connectivity index (χ1n) is 5.10. The van der Waals surface area contributed by atoms with Crippen LogP contribution in [0.15, 0.2) is 23.1 Å². The van der Waals surface area contributed by atoms with E-state index >= 15 is 0 Å². The number of benzene rings is 1. The molecule has 100 valence electrons. The van der Waals surface area contributed by atoms with Crippen molar-refractivity contribution in [2.75, 3.05) is 5.73 Å². The van der Waals surface area contributed by atoms with Crippen molar-refractivity contribution in [3.05, 3.63) is 23.2 Å². The first-order valence-corrected chi connectivity index (χ1v) is 6.97. The summed E-state index contributed by atoms with van der Waals surface area (Å²) in [5.74, 6) is 0. The normalized spacial score (nSPS) is 11.3. The molecule has 1 aromatic rings. The number of nitrogens with two attached hydrogens (primary N) is 1. The van der Waals surface area contributed by atoms with E-state index in [1.807, 2.05) is 4.72 Å². The minimum Gasteiger partial charge on any atom is -0.398 e. The Kier molecular flexibility index (Phi) is 4.42. The predicted octanol–water partition coefficient (Wildman–Crippen LogP) is 1.32. The van der Waals surface area contributed by atoms with Gasteiger partial charge in [-0.1, -0.05) is 11.6 Å². The predicted molar refractivity (Wildman–Crippen MR) is 69.9 cm³/mol. The van der Waals surface area contributed by atoms with E-state index in [-0.39, 0.29) is 16.6 Å². The van der Waals surface area contributed by atoms with E-state index < -0.39 is 16.1 Å². The van der Waals surface area contributed by atoms with Gasteiger partial charge in [-0.25, -0.2) is 17.9 Å². The van der Waals surface area contributed by atoms with Crippen molar-refractivity contribution in [2.45, 2.75) is 24.8 Å². The Morgan fingerprint density at radius 3 is 2.50 bits per heavy atom. The molecular formula is C10H14ClN3O3S. The van der Waals surface area contributed by atoms with Crippen molar-refractivity contribution in [1.29, 1.82) is 0 Å². The molecule has 18 heavy (non-hydrogen) atoms. The number of halogens is 1. The molecule has 0 aliphatic heterocycles. The molecule has 8 heteroatoms. The summed E-state index contributed by atoms with van der Waals surface area (Å²) in [4.78, 5) is 11.2. The molecular weight excluding hydrogens is 278 g/mol. The monoisotopic (exact) mass is 291 g/mol. The molecule has 0 saturated carbocycles. The number of nitrogens with one attached hydrogen (secondary N) is 2. The maximum absolute atomic E-state index is 11.9. The number of hydrogen-bond donors (Lipinski definition) is 3. The van der Waals surface area contributed by atoms with Crippen molar-refractivity contribution in [1.82, 2.24) is 10.0 Å². The average Bonchev–Trinajstić information content (AvgIpc) is 2.13. The van der Waals surface area contributed by atoms with Crippen molar-refractivity contribution in [3.63, 3.8) is 0 Å². The van der Waals surface area contributed by atoms with Gasteiger partial charge in [0.1, 0.15) is 4.90 Å². The van der Waals surface area contributed by atoms with E-state index in [1.54, 1.807) is 13.8 Å². The highest BCUT2D eigenvalue weighted by molar-refractivity contribution is 7.90. The fraction of sp³-hybridized carbons (Fsp3) is 0.300. The van der Waals surface area contributed by atoms with E-state index in [1.165, 1.54) is 18.2 Å². The number of anilines is 1. The molecule has 0 aliphatic carbocycles. The third-order valence-electron chi connectivity index (χ3n) is 1.91. The third kappa shape index (κ3) is 3.78. The molecule has 2 amide bonds. The summed E-state index contributed by atoms with van der Waals surface area (Å²) in [6.07, 6.45) is 0. The quantitative estimate of drug-likeness (QED) is 0.731. The molecule has 0 aliphatic rings. The molecule has 1 rings (SSSR count). The first-order chi connectivity index (χ1) is 8.22. The number of carbonyl (C=O) groups excluding carboxylic acids is 1. The molecule has 0 spiro atoms. The van der Waals surface area contributed by atoms with Gasteiger partial charge in [-0.05, 0) is 32.0 Å². The second-order valence-electron chi connectivity index (χ2n) is 3.92. The first kappa shape index (κ1) is 14.6. The topological polar surface area (TPSA) is 101 Å². The molecule has 1 aromatic carbocycles. The summed E-state index contributed by atoms with van der Waals surface area (Å²) in [5, 5.41) is 2.72. The SMILES string of the molecule is CC(C)NC(=O)NS(=O)(=O)c1ccc(Cl)cc1N. The zero-order valence-corrected chi connectivity index (χ0v) is 11.5. The summed E-state index contributed by atoms with van der Waals surface area (Å²) in [5.41, 5.74) is 5.53. The second-order valence-corrected chi connectivity index (χ2v) is 6.00. The molecule has 0 radical (unpaired) electrons. The Morgan fingerprint density at radius 1 is 1.39 bits per heavy atom. The standard InChI is InChI=1S/C10H14ClN3O3S/c1-6(2)13-10(15)14-18(16,17)9-4-3-7(11)5-8(9)12/h3-6H,12H2,1-2H3,(H2,13,14,15). The molecule has 4 N–H and O–H groups in total. The Hall–Kier alpha value is -1.47. The average molecular weight is 292 g/mol. The number of rotatable bonds is 3. The van der Waals surface area contributed by atoms with Crippen molar-refractivity contribution >= 4 is 33.3 Å². The van der Waals surface area contributed by atoms with Crippen LogP contribution in [-0.2, 0) is 10.0 Å². The van der Waals surface area contributed by atoms with Gasteiger partial charge in [0.25, 0.3) is 10.0 Å². The molecule has 0 atom stereocenters. The Labute approximate surface area is 111 Å². The van der Waals surface area contributed by atoms with Crippen LogP contribution in [0.4, 0.5) is 10.5 Å². The molecule has 0 saturated heterocycles. The fourth-order valence-electron chi connectivity index (χ4n) is 1.23.